The summed E-state index contributed by atoms with van der Waals surface area (Å²) in [5.74, 6) is 0. The van der Waals surface area contributed by atoms with Gasteiger partial charge in [0, 0.05) is 50.3 Å². The Labute approximate surface area is 367 Å². The maximum atomic E-state index is 2.41. The summed E-state index contributed by atoms with van der Waals surface area (Å²) in [7, 11) is 0. The summed E-state index contributed by atoms with van der Waals surface area (Å²) in [5.41, 5.74) is 19.9. The monoisotopic (exact) mass is 803 g/mol. The highest BCUT2D eigenvalue weighted by atomic mass is 15.2. The molecule has 0 radical (unpaired) electrons. The van der Waals surface area contributed by atoms with Crippen LogP contribution in [0.2, 0.25) is 0 Å². The number of rotatable bonds is 7. The molecule has 63 heavy (non-hydrogen) atoms. The van der Waals surface area contributed by atoms with E-state index < -0.39 is 0 Å². The highest BCUT2D eigenvalue weighted by molar-refractivity contribution is 6.11. The van der Waals surface area contributed by atoms with Crippen LogP contribution in [0.5, 0.6) is 0 Å². The molecule has 1 aliphatic rings. The summed E-state index contributed by atoms with van der Waals surface area (Å²) in [6, 6.07) is 90.2. The molecule has 0 N–H and O–H groups in total. The fourth-order valence-corrected chi connectivity index (χ4v) is 9.60. The lowest BCUT2D eigenvalue weighted by Gasteiger charge is -2.27. The first-order chi connectivity index (χ1) is 31.3. The third kappa shape index (κ3) is 6.29. The number of aromatic nitrogens is 1. The molecule has 2 heterocycles. The van der Waals surface area contributed by atoms with E-state index in [2.05, 4.69) is 263 Å². The number of para-hydroxylation sites is 4. The van der Waals surface area contributed by atoms with Gasteiger partial charge in [0.25, 0.3) is 0 Å². The van der Waals surface area contributed by atoms with Gasteiger partial charge in [0.15, 0.2) is 0 Å². The maximum Gasteiger partial charge on any atom is 0.0542 e. The van der Waals surface area contributed by atoms with E-state index in [0.29, 0.717) is 0 Å². The normalized spacial score (nSPS) is 11.8. The largest absolute Gasteiger partial charge is 0.310 e. The van der Waals surface area contributed by atoms with Crippen molar-refractivity contribution in [3.05, 3.63) is 249 Å². The standard InChI is InChI=1S/C60H41N3/c1-4-16-42(17-5-1)43-28-33-48(34-29-43)61(50-37-39-60-56(41-50)54-25-13-15-27-58(54)63(60)47-20-8-3-9-21-47)49-35-30-44(31-36-49)45-32-38-59-55(40-45)52-23-11-10-22-51(52)53-24-12-14-26-57(53)62(59)46-18-6-2-7-19-46/h1-41H. The molecular formula is C60H41N3. The van der Waals surface area contributed by atoms with E-state index in [1.165, 1.54) is 66.4 Å². The SMILES string of the molecule is c1ccc(-c2ccc(N(c3ccc(-c4ccc5c(c4)-c4ccccc4-c4ccccc4N5c4ccccc4)cc3)c3ccc4c(c3)c3ccccc3n4-c3ccccc3)cc2)cc1. The van der Waals surface area contributed by atoms with E-state index in [-0.39, 0.29) is 0 Å². The lowest BCUT2D eigenvalue weighted by molar-refractivity contribution is 1.18. The quantitative estimate of drug-likeness (QED) is 0.159. The highest BCUT2D eigenvalue weighted by Gasteiger charge is 2.26. The number of hydrogen-bond donors (Lipinski definition) is 0. The van der Waals surface area contributed by atoms with Crippen molar-refractivity contribution in [3.8, 4) is 50.2 Å². The minimum atomic E-state index is 1.09. The van der Waals surface area contributed by atoms with Gasteiger partial charge in [0.1, 0.15) is 0 Å². The molecule has 0 atom stereocenters. The maximum absolute atomic E-state index is 2.41. The van der Waals surface area contributed by atoms with E-state index in [4.69, 9.17) is 0 Å². The summed E-state index contributed by atoms with van der Waals surface area (Å²) < 4.78 is 2.37. The summed E-state index contributed by atoms with van der Waals surface area (Å²) >= 11 is 0. The zero-order valence-electron chi connectivity index (χ0n) is 34.5. The number of anilines is 6. The Kier molecular flexibility index (Phi) is 8.83. The topological polar surface area (TPSA) is 11.4 Å². The van der Waals surface area contributed by atoms with Gasteiger partial charge in [0.2, 0.25) is 0 Å². The molecule has 1 aromatic heterocycles. The van der Waals surface area contributed by atoms with Crippen LogP contribution >= 0.6 is 0 Å². The Morgan fingerprint density at radius 2 is 0.746 bits per heavy atom. The average Bonchev–Trinajstić information content (AvgIpc) is 3.63. The summed E-state index contributed by atoms with van der Waals surface area (Å²) in [5, 5.41) is 2.44. The second-order valence-corrected chi connectivity index (χ2v) is 16.2. The first-order valence-corrected chi connectivity index (χ1v) is 21.6. The zero-order valence-corrected chi connectivity index (χ0v) is 34.5. The van der Waals surface area contributed by atoms with Crippen molar-refractivity contribution in [2.45, 2.75) is 0 Å². The fraction of sp³-hybridized carbons (Fsp3) is 0. The number of fused-ring (bicyclic) bond motifs is 8. The van der Waals surface area contributed by atoms with Crippen molar-refractivity contribution in [2.24, 2.45) is 0 Å². The summed E-state index contributed by atoms with van der Waals surface area (Å²) in [4.78, 5) is 4.79. The van der Waals surface area contributed by atoms with Gasteiger partial charge in [-0.15, -0.1) is 0 Å². The van der Waals surface area contributed by atoms with Crippen molar-refractivity contribution < 1.29 is 0 Å². The van der Waals surface area contributed by atoms with E-state index in [1.807, 2.05) is 0 Å². The molecule has 0 spiro atoms. The smallest absolute Gasteiger partial charge is 0.0542 e. The molecule has 10 aromatic carbocycles. The Hall–Kier alpha value is -8.40. The molecule has 1 aliphatic heterocycles. The van der Waals surface area contributed by atoms with E-state index >= 15 is 0 Å². The van der Waals surface area contributed by atoms with Crippen LogP contribution in [0.15, 0.2) is 249 Å². The Bertz CT molecular complexity index is 3430. The van der Waals surface area contributed by atoms with Crippen LogP contribution in [0.1, 0.15) is 0 Å². The minimum Gasteiger partial charge on any atom is -0.310 e. The van der Waals surface area contributed by atoms with E-state index in [1.54, 1.807) is 0 Å². The number of benzene rings is 10. The predicted octanol–water partition coefficient (Wildman–Crippen LogP) is 16.7. The van der Waals surface area contributed by atoms with Crippen molar-refractivity contribution in [3.63, 3.8) is 0 Å². The Morgan fingerprint density at radius 1 is 0.270 bits per heavy atom. The van der Waals surface area contributed by atoms with Crippen LogP contribution in [0.3, 0.4) is 0 Å². The lowest BCUT2D eigenvalue weighted by atomic mass is 9.92. The molecule has 3 nitrogen and oxygen atoms in total. The Morgan fingerprint density at radius 3 is 1.44 bits per heavy atom. The average molecular weight is 804 g/mol. The van der Waals surface area contributed by atoms with Crippen molar-refractivity contribution in [1.82, 2.24) is 4.57 Å². The third-order valence-corrected chi connectivity index (χ3v) is 12.5. The van der Waals surface area contributed by atoms with Crippen LogP contribution in [-0.2, 0) is 0 Å². The van der Waals surface area contributed by atoms with E-state index in [9.17, 15) is 0 Å². The van der Waals surface area contributed by atoms with Crippen molar-refractivity contribution in [2.75, 3.05) is 9.80 Å². The van der Waals surface area contributed by atoms with Crippen LogP contribution in [0.4, 0.5) is 34.1 Å². The predicted molar refractivity (Wildman–Crippen MR) is 265 cm³/mol. The third-order valence-electron chi connectivity index (χ3n) is 12.5. The van der Waals surface area contributed by atoms with E-state index in [0.717, 1.165) is 39.7 Å². The molecule has 0 bridgehead atoms. The van der Waals surface area contributed by atoms with Gasteiger partial charge < -0.3 is 14.4 Å². The zero-order chi connectivity index (χ0) is 41.7. The van der Waals surface area contributed by atoms with Gasteiger partial charge in [-0.2, -0.15) is 0 Å². The molecule has 0 aliphatic carbocycles. The second kappa shape index (κ2) is 15.3. The van der Waals surface area contributed by atoms with Crippen LogP contribution < -0.4 is 9.80 Å². The van der Waals surface area contributed by atoms with Crippen LogP contribution in [-0.4, -0.2) is 4.57 Å². The molecule has 0 saturated heterocycles. The van der Waals surface area contributed by atoms with Gasteiger partial charge in [-0.3, -0.25) is 0 Å². The van der Waals surface area contributed by atoms with Gasteiger partial charge in [0.05, 0.1) is 22.4 Å². The summed E-state index contributed by atoms with van der Waals surface area (Å²) in [6.07, 6.45) is 0. The molecule has 0 unspecified atom stereocenters. The molecule has 11 aromatic rings. The van der Waals surface area contributed by atoms with Crippen LogP contribution in [0.25, 0.3) is 72.0 Å². The fourth-order valence-electron chi connectivity index (χ4n) is 9.60. The molecular weight excluding hydrogens is 763 g/mol. The first-order valence-electron chi connectivity index (χ1n) is 21.6. The minimum absolute atomic E-state index is 1.09. The molecule has 3 heteroatoms. The van der Waals surface area contributed by atoms with Gasteiger partial charge in [-0.1, -0.05) is 158 Å². The Balaban J connectivity index is 0.985. The molecule has 0 fully saturated rings. The molecule has 12 rings (SSSR count). The van der Waals surface area contributed by atoms with Gasteiger partial charge in [-0.05, 0) is 124 Å². The number of hydrogen-bond acceptors (Lipinski definition) is 2. The second-order valence-electron chi connectivity index (χ2n) is 16.2. The molecule has 0 saturated carbocycles. The van der Waals surface area contributed by atoms with Crippen LogP contribution in [0, 0.1) is 0 Å². The molecule has 0 amide bonds. The van der Waals surface area contributed by atoms with Crippen molar-refractivity contribution >= 4 is 55.9 Å². The molecule has 296 valence electrons. The van der Waals surface area contributed by atoms with Gasteiger partial charge >= 0.3 is 0 Å². The number of nitrogens with zero attached hydrogens (tertiary/aromatic N) is 3. The summed E-state index contributed by atoms with van der Waals surface area (Å²) in [6.45, 7) is 0. The first kappa shape index (κ1) is 36.5. The highest BCUT2D eigenvalue weighted by Crippen LogP contribution is 2.51. The van der Waals surface area contributed by atoms with Gasteiger partial charge in [-0.25, -0.2) is 0 Å². The van der Waals surface area contributed by atoms with Crippen molar-refractivity contribution in [1.29, 1.82) is 0 Å². The lowest BCUT2D eigenvalue weighted by Crippen LogP contribution is -2.10.